The number of fused-ring (bicyclic) bond motifs is 1. The first-order chi connectivity index (χ1) is 13.9. The molecule has 4 rings (SSSR count). The number of para-hydroxylation sites is 1. The fraction of sp³-hybridized carbons (Fsp3) is 0.300. The van der Waals surface area contributed by atoms with Crippen LogP contribution in [0.1, 0.15) is 20.9 Å². The van der Waals surface area contributed by atoms with Gasteiger partial charge in [-0.25, -0.2) is 18.2 Å². The number of nitrogens with zero attached hydrogens (tertiary/aromatic N) is 2. The van der Waals surface area contributed by atoms with E-state index in [0.29, 0.717) is 36.9 Å². The number of esters is 1. The Labute approximate surface area is 172 Å². The maximum atomic E-state index is 13.0. The van der Waals surface area contributed by atoms with Crippen LogP contribution in [0.25, 0.3) is 10.2 Å². The molecule has 152 valence electrons. The summed E-state index contributed by atoms with van der Waals surface area (Å²) in [5, 5.41) is 0.688. The Bertz CT molecular complexity index is 1120. The SMILES string of the molecule is Cc1ccc(C(=O)OCc2nc3ccccc3s2)cc1S(=O)(=O)N1CCOCC1. The summed E-state index contributed by atoms with van der Waals surface area (Å²) in [4.78, 5) is 17.1. The quantitative estimate of drug-likeness (QED) is 0.576. The zero-order valence-corrected chi connectivity index (χ0v) is 17.5. The average Bonchev–Trinajstić information content (AvgIpc) is 3.16. The van der Waals surface area contributed by atoms with Gasteiger partial charge in [0.15, 0.2) is 0 Å². The third-order valence-electron chi connectivity index (χ3n) is 4.68. The highest BCUT2D eigenvalue weighted by molar-refractivity contribution is 7.89. The van der Waals surface area contributed by atoms with Crippen molar-refractivity contribution in [1.82, 2.24) is 9.29 Å². The van der Waals surface area contributed by atoms with E-state index in [9.17, 15) is 13.2 Å². The van der Waals surface area contributed by atoms with Crippen molar-refractivity contribution in [2.75, 3.05) is 26.3 Å². The van der Waals surface area contributed by atoms with E-state index in [0.717, 1.165) is 10.2 Å². The molecule has 2 heterocycles. The summed E-state index contributed by atoms with van der Waals surface area (Å²) in [6.45, 7) is 3.08. The average molecular weight is 433 g/mol. The van der Waals surface area contributed by atoms with E-state index in [1.807, 2.05) is 24.3 Å². The number of aryl methyl sites for hydroxylation is 1. The van der Waals surface area contributed by atoms with Crippen molar-refractivity contribution in [3.05, 3.63) is 58.6 Å². The predicted octanol–water partition coefficient (Wildman–Crippen LogP) is 2.98. The number of carbonyl (C=O) groups is 1. The van der Waals surface area contributed by atoms with Gasteiger partial charge < -0.3 is 9.47 Å². The molecule has 0 N–H and O–H groups in total. The van der Waals surface area contributed by atoms with Gasteiger partial charge in [0, 0.05) is 13.1 Å². The van der Waals surface area contributed by atoms with Crippen LogP contribution in [-0.2, 0) is 26.1 Å². The van der Waals surface area contributed by atoms with Crippen LogP contribution in [0.15, 0.2) is 47.4 Å². The van der Waals surface area contributed by atoms with Crippen molar-refractivity contribution in [1.29, 1.82) is 0 Å². The van der Waals surface area contributed by atoms with E-state index in [-0.39, 0.29) is 17.1 Å². The largest absolute Gasteiger partial charge is 0.455 e. The van der Waals surface area contributed by atoms with Gasteiger partial charge in [-0.15, -0.1) is 11.3 Å². The molecule has 9 heteroatoms. The molecule has 0 atom stereocenters. The van der Waals surface area contributed by atoms with Gasteiger partial charge in [0.25, 0.3) is 0 Å². The van der Waals surface area contributed by atoms with Crippen molar-refractivity contribution in [3.8, 4) is 0 Å². The number of benzene rings is 2. The Kier molecular flexibility index (Phi) is 5.64. The Hall–Kier alpha value is -2.33. The second-order valence-electron chi connectivity index (χ2n) is 6.65. The highest BCUT2D eigenvalue weighted by atomic mass is 32.2. The van der Waals surface area contributed by atoms with E-state index in [4.69, 9.17) is 9.47 Å². The van der Waals surface area contributed by atoms with Crippen LogP contribution in [0, 0.1) is 6.92 Å². The van der Waals surface area contributed by atoms with E-state index in [2.05, 4.69) is 4.98 Å². The van der Waals surface area contributed by atoms with Gasteiger partial charge in [0.05, 0.1) is 33.9 Å². The highest BCUT2D eigenvalue weighted by Crippen LogP contribution is 2.24. The van der Waals surface area contributed by atoms with Gasteiger partial charge in [-0.2, -0.15) is 4.31 Å². The molecule has 1 fully saturated rings. The fourth-order valence-corrected chi connectivity index (χ4v) is 5.66. The summed E-state index contributed by atoms with van der Waals surface area (Å²) in [7, 11) is -3.70. The highest BCUT2D eigenvalue weighted by Gasteiger charge is 2.28. The second-order valence-corrected chi connectivity index (χ2v) is 9.67. The Morgan fingerprint density at radius 2 is 1.97 bits per heavy atom. The Balaban J connectivity index is 1.52. The molecule has 0 radical (unpaired) electrons. The number of morpholine rings is 1. The number of carbonyl (C=O) groups excluding carboxylic acids is 1. The Morgan fingerprint density at radius 1 is 1.21 bits per heavy atom. The summed E-state index contributed by atoms with van der Waals surface area (Å²) in [5.41, 5.74) is 1.64. The lowest BCUT2D eigenvalue weighted by atomic mass is 10.1. The van der Waals surface area contributed by atoms with E-state index in [1.165, 1.54) is 21.7 Å². The number of aromatic nitrogens is 1. The molecule has 7 nitrogen and oxygen atoms in total. The minimum Gasteiger partial charge on any atom is -0.455 e. The summed E-state index contributed by atoms with van der Waals surface area (Å²) in [5.74, 6) is -0.581. The minimum absolute atomic E-state index is 0.0393. The molecule has 0 amide bonds. The smallest absolute Gasteiger partial charge is 0.338 e. The number of sulfonamides is 1. The molecular formula is C20H20N2O5S2. The van der Waals surface area contributed by atoms with E-state index >= 15 is 0 Å². The standard InChI is InChI=1S/C20H20N2O5S2/c1-14-6-7-15(12-18(14)29(24,25)22-8-10-26-11-9-22)20(23)27-13-19-21-16-4-2-3-5-17(16)28-19/h2-7,12H,8-11,13H2,1H3. The number of hydrogen-bond acceptors (Lipinski definition) is 7. The normalized spacial score (nSPS) is 15.5. The first kappa shape index (κ1) is 20.0. The van der Waals surface area contributed by atoms with Crippen molar-refractivity contribution < 1.29 is 22.7 Å². The van der Waals surface area contributed by atoms with E-state index < -0.39 is 16.0 Å². The molecule has 29 heavy (non-hydrogen) atoms. The van der Waals surface area contributed by atoms with Gasteiger partial charge in [0.2, 0.25) is 10.0 Å². The molecule has 1 aromatic heterocycles. The van der Waals surface area contributed by atoms with Gasteiger partial charge in [-0.05, 0) is 36.8 Å². The van der Waals surface area contributed by atoms with Crippen molar-refractivity contribution in [2.45, 2.75) is 18.4 Å². The zero-order valence-electron chi connectivity index (χ0n) is 15.8. The maximum absolute atomic E-state index is 13.0. The molecule has 3 aromatic rings. The van der Waals surface area contributed by atoms with Crippen LogP contribution in [0.3, 0.4) is 0 Å². The predicted molar refractivity (Wildman–Crippen MR) is 109 cm³/mol. The molecule has 1 saturated heterocycles. The van der Waals surface area contributed by atoms with Crippen molar-refractivity contribution in [3.63, 3.8) is 0 Å². The number of hydrogen-bond donors (Lipinski definition) is 0. The monoisotopic (exact) mass is 432 g/mol. The van der Waals surface area contributed by atoms with Crippen LogP contribution in [0.2, 0.25) is 0 Å². The molecule has 0 bridgehead atoms. The lowest BCUT2D eigenvalue weighted by Gasteiger charge is -2.26. The molecular weight excluding hydrogens is 412 g/mol. The molecule has 0 spiro atoms. The lowest BCUT2D eigenvalue weighted by Crippen LogP contribution is -2.40. The topological polar surface area (TPSA) is 85.8 Å². The summed E-state index contributed by atoms with van der Waals surface area (Å²) in [6, 6.07) is 12.3. The number of ether oxygens (including phenoxy) is 2. The van der Waals surface area contributed by atoms with Crippen molar-refractivity contribution in [2.24, 2.45) is 0 Å². The third kappa shape index (κ3) is 4.18. The van der Waals surface area contributed by atoms with Gasteiger partial charge in [-0.1, -0.05) is 18.2 Å². The molecule has 0 saturated carbocycles. The molecule has 0 unspecified atom stereocenters. The number of thiazole rings is 1. The molecule has 1 aliphatic rings. The second kappa shape index (κ2) is 8.19. The maximum Gasteiger partial charge on any atom is 0.338 e. The van der Waals surface area contributed by atoms with Crippen LogP contribution in [0.5, 0.6) is 0 Å². The molecule has 0 aliphatic carbocycles. The first-order valence-electron chi connectivity index (χ1n) is 9.15. The van der Waals surface area contributed by atoms with Crippen LogP contribution >= 0.6 is 11.3 Å². The van der Waals surface area contributed by atoms with Crippen molar-refractivity contribution >= 4 is 37.5 Å². The van der Waals surface area contributed by atoms with Crippen LogP contribution < -0.4 is 0 Å². The van der Waals surface area contributed by atoms with Crippen LogP contribution in [0.4, 0.5) is 0 Å². The van der Waals surface area contributed by atoms with Gasteiger partial charge in [0.1, 0.15) is 11.6 Å². The summed E-state index contributed by atoms with van der Waals surface area (Å²) in [6.07, 6.45) is 0. The zero-order chi connectivity index (χ0) is 20.4. The summed E-state index contributed by atoms with van der Waals surface area (Å²) < 4.78 is 39.0. The minimum atomic E-state index is -3.70. The van der Waals surface area contributed by atoms with Gasteiger partial charge in [-0.3, -0.25) is 0 Å². The fourth-order valence-electron chi connectivity index (χ4n) is 3.12. The van der Waals surface area contributed by atoms with E-state index in [1.54, 1.807) is 19.1 Å². The van der Waals surface area contributed by atoms with Gasteiger partial charge >= 0.3 is 5.97 Å². The summed E-state index contributed by atoms with van der Waals surface area (Å²) >= 11 is 1.46. The van der Waals surface area contributed by atoms with Crippen LogP contribution in [-0.4, -0.2) is 50.0 Å². The first-order valence-corrected chi connectivity index (χ1v) is 11.4. The third-order valence-corrected chi connectivity index (χ3v) is 7.73. The molecule has 2 aromatic carbocycles. The molecule has 1 aliphatic heterocycles. The lowest BCUT2D eigenvalue weighted by molar-refractivity contribution is 0.0472. The Morgan fingerprint density at radius 3 is 2.72 bits per heavy atom. The number of rotatable bonds is 5.